The third-order valence-corrected chi connectivity index (χ3v) is 4.73. The average Bonchev–Trinajstić information content (AvgIpc) is 3.08. The Morgan fingerprint density at radius 3 is 2.76 bits per heavy atom. The van der Waals surface area contributed by atoms with Gasteiger partial charge in [0.15, 0.2) is 0 Å². The molecule has 0 aliphatic carbocycles. The highest BCUT2D eigenvalue weighted by Crippen LogP contribution is 2.25. The van der Waals surface area contributed by atoms with E-state index >= 15 is 0 Å². The predicted molar refractivity (Wildman–Crippen MR) is 86.4 cm³/mol. The highest BCUT2D eigenvalue weighted by Gasteiger charge is 2.34. The van der Waals surface area contributed by atoms with Crippen LogP contribution in [-0.4, -0.2) is 38.5 Å². The largest absolute Gasteiger partial charge is 0.389 e. The SMILES string of the molecule is CCC1(O)CCN(Cc2cnn(-c3ccc(Br)cc3)c2)C1. The maximum Gasteiger partial charge on any atom is 0.0783 e. The van der Waals surface area contributed by atoms with Crippen LogP contribution in [0.25, 0.3) is 5.69 Å². The summed E-state index contributed by atoms with van der Waals surface area (Å²) in [6.45, 7) is 4.61. The van der Waals surface area contributed by atoms with Crippen molar-refractivity contribution in [2.45, 2.75) is 31.9 Å². The minimum absolute atomic E-state index is 0.498. The van der Waals surface area contributed by atoms with Crippen LogP contribution in [0, 0.1) is 0 Å². The molecule has 0 amide bonds. The second-order valence-corrected chi connectivity index (χ2v) is 6.72. The highest BCUT2D eigenvalue weighted by molar-refractivity contribution is 9.10. The van der Waals surface area contributed by atoms with Crippen molar-refractivity contribution in [2.75, 3.05) is 13.1 Å². The number of rotatable bonds is 4. The summed E-state index contributed by atoms with van der Waals surface area (Å²) in [6, 6.07) is 8.09. The van der Waals surface area contributed by atoms with Crippen LogP contribution in [0.2, 0.25) is 0 Å². The Kier molecular flexibility index (Phi) is 4.15. The molecule has 1 atom stereocenters. The van der Waals surface area contributed by atoms with Crippen molar-refractivity contribution in [3.8, 4) is 5.69 Å². The van der Waals surface area contributed by atoms with Gasteiger partial charge in [-0.15, -0.1) is 0 Å². The molecule has 1 aromatic carbocycles. The van der Waals surface area contributed by atoms with Gasteiger partial charge in [0.2, 0.25) is 0 Å². The van der Waals surface area contributed by atoms with Crippen LogP contribution in [0.15, 0.2) is 41.1 Å². The molecule has 1 aliphatic heterocycles. The third kappa shape index (κ3) is 3.36. The Morgan fingerprint density at radius 1 is 1.33 bits per heavy atom. The van der Waals surface area contributed by atoms with Crippen LogP contribution >= 0.6 is 15.9 Å². The summed E-state index contributed by atoms with van der Waals surface area (Å²) in [5, 5.41) is 14.7. The van der Waals surface area contributed by atoms with Crippen LogP contribution < -0.4 is 0 Å². The lowest BCUT2D eigenvalue weighted by molar-refractivity contribution is 0.0447. The van der Waals surface area contributed by atoms with Gasteiger partial charge in [-0.1, -0.05) is 22.9 Å². The number of halogens is 1. The summed E-state index contributed by atoms with van der Waals surface area (Å²) < 4.78 is 2.96. The molecule has 1 N–H and O–H groups in total. The molecule has 0 radical (unpaired) electrons. The van der Waals surface area contributed by atoms with Gasteiger partial charge in [-0.3, -0.25) is 4.90 Å². The fraction of sp³-hybridized carbons (Fsp3) is 0.438. The second kappa shape index (κ2) is 5.91. The molecule has 112 valence electrons. The van der Waals surface area contributed by atoms with Crippen molar-refractivity contribution in [1.82, 2.24) is 14.7 Å². The molecule has 1 unspecified atom stereocenters. The number of nitrogens with zero attached hydrogens (tertiary/aromatic N) is 3. The quantitative estimate of drug-likeness (QED) is 0.922. The van der Waals surface area contributed by atoms with Crippen molar-refractivity contribution in [1.29, 1.82) is 0 Å². The van der Waals surface area contributed by atoms with Crippen molar-refractivity contribution >= 4 is 15.9 Å². The van der Waals surface area contributed by atoms with Gasteiger partial charge < -0.3 is 5.11 Å². The standard InChI is InChI=1S/C16H20BrN3O/c1-2-16(21)7-8-19(12-16)10-13-9-18-20(11-13)15-5-3-14(17)4-6-15/h3-6,9,11,21H,2,7-8,10,12H2,1H3. The summed E-state index contributed by atoms with van der Waals surface area (Å²) in [6.07, 6.45) is 5.66. The number of likely N-dealkylation sites (tertiary alicyclic amines) is 1. The molecule has 4 nitrogen and oxygen atoms in total. The van der Waals surface area contributed by atoms with E-state index in [0.717, 1.165) is 42.6 Å². The summed E-state index contributed by atoms with van der Waals surface area (Å²) >= 11 is 3.44. The van der Waals surface area contributed by atoms with E-state index in [1.807, 2.05) is 35.1 Å². The van der Waals surface area contributed by atoms with E-state index < -0.39 is 5.60 Å². The van der Waals surface area contributed by atoms with Crippen LogP contribution in [-0.2, 0) is 6.54 Å². The zero-order valence-corrected chi connectivity index (χ0v) is 13.8. The molecule has 0 bridgehead atoms. The second-order valence-electron chi connectivity index (χ2n) is 5.81. The molecule has 2 aromatic rings. The molecule has 0 saturated carbocycles. The van der Waals surface area contributed by atoms with Gasteiger partial charge in [-0.05, 0) is 37.1 Å². The van der Waals surface area contributed by atoms with E-state index in [9.17, 15) is 5.11 Å². The monoisotopic (exact) mass is 349 g/mol. The smallest absolute Gasteiger partial charge is 0.0783 e. The highest BCUT2D eigenvalue weighted by atomic mass is 79.9. The Hall–Kier alpha value is -1.17. The van der Waals surface area contributed by atoms with Crippen molar-refractivity contribution in [3.05, 3.63) is 46.7 Å². The van der Waals surface area contributed by atoms with Crippen LogP contribution in [0.4, 0.5) is 0 Å². The third-order valence-electron chi connectivity index (χ3n) is 4.20. The number of aromatic nitrogens is 2. The Balaban J connectivity index is 1.67. The van der Waals surface area contributed by atoms with Crippen molar-refractivity contribution < 1.29 is 5.11 Å². The van der Waals surface area contributed by atoms with Crippen molar-refractivity contribution in [2.24, 2.45) is 0 Å². The number of benzene rings is 1. The van der Waals surface area contributed by atoms with Crippen LogP contribution in [0.5, 0.6) is 0 Å². The van der Waals surface area contributed by atoms with E-state index in [4.69, 9.17) is 0 Å². The van der Waals surface area contributed by atoms with Gasteiger partial charge in [0.1, 0.15) is 0 Å². The first kappa shape index (κ1) is 14.8. The van der Waals surface area contributed by atoms with E-state index in [-0.39, 0.29) is 0 Å². The van der Waals surface area contributed by atoms with Gasteiger partial charge in [0.05, 0.1) is 17.5 Å². The maximum atomic E-state index is 10.3. The Labute approximate surface area is 133 Å². The van der Waals surface area contributed by atoms with Crippen LogP contribution in [0.1, 0.15) is 25.3 Å². The zero-order chi connectivity index (χ0) is 14.9. The van der Waals surface area contributed by atoms with E-state index in [2.05, 4.69) is 39.0 Å². The molecule has 1 aromatic heterocycles. The van der Waals surface area contributed by atoms with Gasteiger partial charge in [-0.25, -0.2) is 4.68 Å². The summed E-state index contributed by atoms with van der Waals surface area (Å²) in [7, 11) is 0. The minimum Gasteiger partial charge on any atom is -0.389 e. The Morgan fingerprint density at radius 2 is 2.10 bits per heavy atom. The van der Waals surface area contributed by atoms with Gasteiger partial charge in [-0.2, -0.15) is 5.10 Å². The van der Waals surface area contributed by atoms with Crippen molar-refractivity contribution in [3.63, 3.8) is 0 Å². The van der Waals surface area contributed by atoms with E-state index in [0.29, 0.717) is 0 Å². The first-order chi connectivity index (χ1) is 10.1. The zero-order valence-electron chi connectivity index (χ0n) is 12.2. The van der Waals surface area contributed by atoms with Gasteiger partial charge in [0.25, 0.3) is 0 Å². The molecule has 21 heavy (non-hydrogen) atoms. The lowest BCUT2D eigenvalue weighted by atomic mass is 10.0. The lowest BCUT2D eigenvalue weighted by Crippen LogP contribution is -2.31. The van der Waals surface area contributed by atoms with Gasteiger partial charge >= 0.3 is 0 Å². The lowest BCUT2D eigenvalue weighted by Gasteiger charge is -2.21. The van der Waals surface area contributed by atoms with Crippen LogP contribution in [0.3, 0.4) is 0 Å². The summed E-state index contributed by atoms with van der Waals surface area (Å²) in [5.74, 6) is 0. The first-order valence-electron chi connectivity index (χ1n) is 7.32. The number of hydrogen-bond donors (Lipinski definition) is 1. The molecule has 0 spiro atoms. The topological polar surface area (TPSA) is 41.3 Å². The molecule has 3 rings (SSSR count). The fourth-order valence-corrected chi connectivity index (χ4v) is 3.06. The molecular formula is C16H20BrN3O. The molecule has 5 heteroatoms. The Bertz CT molecular complexity index is 610. The van der Waals surface area contributed by atoms with E-state index in [1.165, 1.54) is 5.56 Å². The molecular weight excluding hydrogens is 330 g/mol. The summed E-state index contributed by atoms with van der Waals surface area (Å²) in [5.41, 5.74) is 1.73. The van der Waals surface area contributed by atoms with Gasteiger partial charge in [0, 0.05) is 35.9 Å². The molecule has 1 fully saturated rings. The number of hydrogen-bond acceptors (Lipinski definition) is 3. The fourth-order valence-electron chi connectivity index (χ4n) is 2.80. The summed E-state index contributed by atoms with van der Waals surface area (Å²) in [4.78, 5) is 2.30. The predicted octanol–water partition coefficient (Wildman–Crippen LogP) is 2.98. The first-order valence-corrected chi connectivity index (χ1v) is 8.11. The molecule has 2 heterocycles. The number of β-amino-alcohol motifs (C(OH)–C–C–N with tert-alkyl or cyclic N) is 1. The number of aliphatic hydroxyl groups is 1. The normalized spacial score (nSPS) is 22.8. The molecule has 1 aliphatic rings. The average molecular weight is 350 g/mol. The minimum atomic E-state index is -0.498. The van der Waals surface area contributed by atoms with E-state index in [1.54, 1.807) is 0 Å². The molecule has 1 saturated heterocycles. The maximum absolute atomic E-state index is 10.3.